The predicted octanol–water partition coefficient (Wildman–Crippen LogP) is 2.42. The third kappa shape index (κ3) is 2.78. The van der Waals surface area contributed by atoms with E-state index in [0.717, 1.165) is 12.1 Å². The third-order valence-corrected chi connectivity index (χ3v) is 3.68. The lowest BCUT2D eigenvalue weighted by atomic mass is 9.89. The van der Waals surface area contributed by atoms with Crippen LogP contribution in [0.4, 0.5) is 5.69 Å². The Kier molecular flexibility index (Phi) is 3.60. The molecule has 0 amide bonds. The molecule has 0 N–H and O–H groups in total. The van der Waals surface area contributed by atoms with Gasteiger partial charge in [0.15, 0.2) is 5.78 Å². The average molecular weight is 261 g/mol. The molecule has 1 aliphatic heterocycles. The van der Waals surface area contributed by atoms with Gasteiger partial charge in [0.2, 0.25) is 0 Å². The fourth-order valence-electron chi connectivity index (χ4n) is 2.39. The molecule has 2 rings (SSSR count). The number of hydrogen-bond acceptors (Lipinski definition) is 4. The van der Waals surface area contributed by atoms with Crippen LogP contribution in [0.5, 0.6) is 0 Å². The van der Waals surface area contributed by atoms with Gasteiger partial charge in [0, 0.05) is 17.6 Å². The summed E-state index contributed by atoms with van der Waals surface area (Å²) in [7, 11) is 1.36. The van der Waals surface area contributed by atoms with E-state index in [2.05, 4.69) is 23.5 Å². The smallest absolute Gasteiger partial charge is 0.337 e. The van der Waals surface area contributed by atoms with Crippen LogP contribution in [-0.2, 0) is 9.53 Å². The van der Waals surface area contributed by atoms with Crippen molar-refractivity contribution in [1.82, 2.24) is 0 Å². The maximum absolute atomic E-state index is 11.6. The number of carbonyl (C=O) groups excluding carboxylic acids is 2. The first kappa shape index (κ1) is 13.6. The number of ketones is 1. The molecule has 1 heterocycles. The normalized spacial score (nSPS) is 18.3. The Morgan fingerprint density at radius 1 is 1.26 bits per heavy atom. The summed E-state index contributed by atoms with van der Waals surface area (Å²) in [6.07, 6.45) is 1.49. The maximum Gasteiger partial charge on any atom is 0.337 e. The van der Waals surface area contributed by atoms with Crippen molar-refractivity contribution >= 4 is 17.4 Å². The summed E-state index contributed by atoms with van der Waals surface area (Å²) >= 11 is 0. The van der Waals surface area contributed by atoms with E-state index in [1.807, 2.05) is 12.1 Å². The van der Waals surface area contributed by atoms with E-state index < -0.39 is 0 Å². The second-order valence-corrected chi connectivity index (χ2v) is 5.48. The minimum absolute atomic E-state index is 0.0410. The van der Waals surface area contributed by atoms with Gasteiger partial charge in [0.25, 0.3) is 0 Å². The lowest BCUT2D eigenvalue weighted by Crippen LogP contribution is -2.51. The first-order valence-corrected chi connectivity index (χ1v) is 6.42. The summed E-state index contributed by atoms with van der Waals surface area (Å²) in [5.74, 6) is -0.0862. The van der Waals surface area contributed by atoms with Gasteiger partial charge in [0.05, 0.1) is 19.2 Å². The monoisotopic (exact) mass is 261 g/mol. The number of rotatable bonds is 2. The van der Waals surface area contributed by atoms with Crippen LogP contribution in [0.15, 0.2) is 24.3 Å². The van der Waals surface area contributed by atoms with Crippen LogP contribution < -0.4 is 4.90 Å². The molecule has 0 unspecified atom stereocenters. The van der Waals surface area contributed by atoms with Crippen LogP contribution in [0, 0.1) is 0 Å². The van der Waals surface area contributed by atoms with E-state index in [0.29, 0.717) is 18.5 Å². The number of anilines is 1. The van der Waals surface area contributed by atoms with Gasteiger partial charge in [-0.15, -0.1) is 0 Å². The maximum atomic E-state index is 11.6. The van der Waals surface area contributed by atoms with Gasteiger partial charge in [-0.25, -0.2) is 4.79 Å². The van der Waals surface area contributed by atoms with Crippen LogP contribution >= 0.6 is 0 Å². The van der Waals surface area contributed by atoms with E-state index in [4.69, 9.17) is 0 Å². The third-order valence-electron chi connectivity index (χ3n) is 3.68. The minimum atomic E-state index is -0.347. The molecule has 1 aliphatic rings. The quantitative estimate of drug-likeness (QED) is 0.767. The Morgan fingerprint density at radius 2 is 1.89 bits per heavy atom. The summed E-state index contributed by atoms with van der Waals surface area (Å²) in [5.41, 5.74) is 1.44. The van der Waals surface area contributed by atoms with Crippen LogP contribution in [0.2, 0.25) is 0 Å². The Balaban J connectivity index is 2.25. The highest BCUT2D eigenvalue weighted by Gasteiger charge is 2.33. The molecule has 1 aromatic carbocycles. The SMILES string of the molecule is COC(=O)c1ccc(N2CC(=O)CCC2(C)C)cc1. The van der Waals surface area contributed by atoms with E-state index in [9.17, 15) is 9.59 Å². The van der Waals surface area contributed by atoms with Gasteiger partial charge in [-0.1, -0.05) is 0 Å². The van der Waals surface area contributed by atoms with Crippen LogP contribution in [0.25, 0.3) is 0 Å². The zero-order chi connectivity index (χ0) is 14.0. The van der Waals surface area contributed by atoms with Crippen LogP contribution in [-0.4, -0.2) is 30.9 Å². The molecule has 19 heavy (non-hydrogen) atoms. The van der Waals surface area contributed by atoms with Crippen molar-refractivity contribution in [2.24, 2.45) is 0 Å². The van der Waals surface area contributed by atoms with Gasteiger partial charge >= 0.3 is 5.97 Å². The molecule has 0 saturated carbocycles. The summed E-state index contributed by atoms with van der Waals surface area (Å²) in [6.45, 7) is 4.70. The molecule has 0 spiro atoms. The highest BCUT2D eigenvalue weighted by molar-refractivity contribution is 5.90. The fourth-order valence-corrected chi connectivity index (χ4v) is 2.39. The second kappa shape index (κ2) is 5.03. The van der Waals surface area contributed by atoms with Gasteiger partial charge in [-0.05, 0) is 44.5 Å². The molecule has 0 radical (unpaired) electrons. The molecule has 4 heteroatoms. The molecular formula is C15H19NO3. The average Bonchev–Trinajstić information content (AvgIpc) is 2.41. The summed E-state index contributed by atoms with van der Waals surface area (Å²) < 4.78 is 4.67. The van der Waals surface area contributed by atoms with Gasteiger partial charge in [0.1, 0.15) is 0 Å². The van der Waals surface area contributed by atoms with Crippen molar-refractivity contribution in [3.05, 3.63) is 29.8 Å². The highest BCUT2D eigenvalue weighted by Crippen LogP contribution is 2.31. The Morgan fingerprint density at radius 3 is 2.47 bits per heavy atom. The number of hydrogen-bond donors (Lipinski definition) is 0. The topological polar surface area (TPSA) is 46.6 Å². The molecule has 0 bridgehead atoms. The molecule has 1 fully saturated rings. The molecule has 0 aliphatic carbocycles. The number of carbonyl (C=O) groups is 2. The standard InChI is InChI=1S/C15H19NO3/c1-15(2)9-8-13(17)10-16(15)12-6-4-11(5-7-12)14(18)19-3/h4-7H,8-10H2,1-3H3. The summed E-state index contributed by atoms with van der Waals surface area (Å²) in [4.78, 5) is 25.1. The zero-order valence-corrected chi connectivity index (χ0v) is 11.6. The molecule has 1 aromatic rings. The van der Waals surface area contributed by atoms with E-state index >= 15 is 0 Å². The van der Waals surface area contributed by atoms with Gasteiger partial charge in [-0.3, -0.25) is 4.79 Å². The van der Waals surface area contributed by atoms with Crippen molar-refractivity contribution in [3.63, 3.8) is 0 Å². The lowest BCUT2D eigenvalue weighted by Gasteiger charge is -2.43. The Hall–Kier alpha value is -1.84. The molecule has 4 nitrogen and oxygen atoms in total. The molecule has 1 saturated heterocycles. The number of methoxy groups -OCH3 is 1. The van der Waals surface area contributed by atoms with Gasteiger partial charge in [-0.2, -0.15) is 0 Å². The number of piperidine rings is 1. The Bertz CT molecular complexity index is 491. The van der Waals surface area contributed by atoms with Crippen molar-refractivity contribution < 1.29 is 14.3 Å². The van der Waals surface area contributed by atoms with Crippen molar-refractivity contribution in [3.8, 4) is 0 Å². The predicted molar refractivity (Wildman–Crippen MR) is 73.4 cm³/mol. The number of esters is 1. The lowest BCUT2D eigenvalue weighted by molar-refractivity contribution is -0.119. The van der Waals surface area contributed by atoms with E-state index in [1.54, 1.807) is 12.1 Å². The van der Waals surface area contributed by atoms with Crippen LogP contribution in [0.1, 0.15) is 37.0 Å². The Labute approximate surface area is 113 Å². The zero-order valence-electron chi connectivity index (χ0n) is 11.6. The first-order valence-electron chi connectivity index (χ1n) is 6.42. The summed E-state index contributed by atoms with van der Waals surface area (Å²) in [5, 5.41) is 0. The number of nitrogens with zero attached hydrogens (tertiary/aromatic N) is 1. The summed E-state index contributed by atoms with van der Waals surface area (Å²) in [6, 6.07) is 7.20. The number of ether oxygens (including phenoxy) is 1. The number of benzene rings is 1. The second-order valence-electron chi connectivity index (χ2n) is 5.48. The van der Waals surface area contributed by atoms with E-state index in [-0.39, 0.29) is 17.3 Å². The van der Waals surface area contributed by atoms with Crippen molar-refractivity contribution in [1.29, 1.82) is 0 Å². The molecule has 0 atom stereocenters. The van der Waals surface area contributed by atoms with Crippen LogP contribution in [0.3, 0.4) is 0 Å². The van der Waals surface area contributed by atoms with Crippen molar-refractivity contribution in [2.75, 3.05) is 18.6 Å². The fraction of sp³-hybridized carbons (Fsp3) is 0.467. The van der Waals surface area contributed by atoms with E-state index in [1.165, 1.54) is 7.11 Å². The molecule has 0 aromatic heterocycles. The molecular weight excluding hydrogens is 242 g/mol. The highest BCUT2D eigenvalue weighted by atomic mass is 16.5. The van der Waals surface area contributed by atoms with Gasteiger partial charge < -0.3 is 9.64 Å². The molecule has 102 valence electrons. The minimum Gasteiger partial charge on any atom is -0.465 e. The largest absolute Gasteiger partial charge is 0.465 e. The number of Topliss-reactive ketones (excluding diaryl/α,β-unsaturated/α-hetero) is 1. The first-order chi connectivity index (χ1) is 8.94. The van der Waals surface area contributed by atoms with Crippen molar-refractivity contribution in [2.45, 2.75) is 32.2 Å².